The van der Waals surface area contributed by atoms with Gasteiger partial charge in [-0.3, -0.25) is 4.79 Å². The van der Waals surface area contributed by atoms with E-state index >= 15 is 0 Å². The standard InChI is InChI=1S/C18H26O7/c1-4-17(2,3)16(20)23-12-10-11(21-14(12)19)13-15(22-10)25-18(24-13)8-6-5-7-9-18/h10-13,15H,4-9H2,1-3H3/t10-,11?,12?,13+,15+/m0/s1. The normalized spacial score (nSPS) is 39.2. The van der Waals surface area contributed by atoms with Gasteiger partial charge in [0, 0.05) is 12.8 Å². The third kappa shape index (κ3) is 2.76. The van der Waals surface area contributed by atoms with Gasteiger partial charge < -0.3 is 23.7 Å². The van der Waals surface area contributed by atoms with E-state index in [-0.39, 0.29) is 0 Å². The molecule has 4 rings (SSSR count). The first-order chi connectivity index (χ1) is 11.9. The largest absolute Gasteiger partial charge is 0.454 e. The topological polar surface area (TPSA) is 80.3 Å². The lowest BCUT2D eigenvalue weighted by atomic mass is 9.90. The summed E-state index contributed by atoms with van der Waals surface area (Å²) < 4.78 is 29.0. The van der Waals surface area contributed by atoms with E-state index in [9.17, 15) is 9.59 Å². The molecule has 1 saturated carbocycles. The van der Waals surface area contributed by atoms with Crippen molar-refractivity contribution in [1.29, 1.82) is 0 Å². The molecule has 1 spiro atoms. The highest BCUT2D eigenvalue weighted by atomic mass is 16.9. The van der Waals surface area contributed by atoms with Crippen LogP contribution in [0.2, 0.25) is 0 Å². The van der Waals surface area contributed by atoms with Crippen molar-refractivity contribution in [3.63, 3.8) is 0 Å². The lowest BCUT2D eigenvalue weighted by Crippen LogP contribution is -2.41. The van der Waals surface area contributed by atoms with Crippen molar-refractivity contribution in [2.75, 3.05) is 0 Å². The maximum Gasteiger partial charge on any atom is 0.350 e. The number of hydrogen-bond donors (Lipinski definition) is 0. The second-order valence-corrected chi connectivity index (χ2v) is 8.11. The summed E-state index contributed by atoms with van der Waals surface area (Å²) in [5.74, 6) is -1.60. The molecule has 0 aromatic rings. The first-order valence-corrected chi connectivity index (χ1v) is 9.28. The molecule has 25 heavy (non-hydrogen) atoms. The monoisotopic (exact) mass is 354 g/mol. The van der Waals surface area contributed by atoms with E-state index in [2.05, 4.69) is 0 Å². The molecule has 3 saturated heterocycles. The van der Waals surface area contributed by atoms with E-state index in [1.165, 1.54) is 6.42 Å². The number of carbonyl (C=O) groups excluding carboxylic acids is 2. The van der Waals surface area contributed by atoms with E-state index in [1.807, 2.05) is 6.92 Å². The molecule has 2 unspecified atom stereocenters. The molecule has 0 aromatic carbocycles. The molecule has 3 heterocycles. The van der Waals surface area contributed by atoms with Crippen molar-refractivity contribution in [2.24, 2.45) is 5.41 Å². The van der Waals surface area contributed by atoms with Crippen molar-refractivity contribution in [3.8, 4) is 0 Å². The summed E-state index contributed by atoms with van der Waals surface area (Å²) in [6, 6.07) is 0. The Hall–Kier alpha value is -1.18. The molecule has 4 aliphatic rings. The van der Waals surface area contributed by atoms with Gasteiger partial charge in [0.25, 0.3) is 0 Å². The van der Waals surface area contributed by atoms with Crippen LogP contribution in [0.25, 0.3) is 0 Å². The van der Waals surface area contributed by atoms with Gasteiger partial charge in [0.2, 0.25) is 6.10 Å². The number of esters is 2. The fraction of sp³-hybridized carbons (Fsp3) is 0.889. The van der Waals surface area contributed by atoms with Crippen molar-refractivity contribution >= 4 is 11.9 Å². The second kappa shape index (κ2) is 5.93. The van der Waals surface area contributed by atoms with Crippen LogP contribution in [0.4, 0.5) is 0 Å². The van der Waals surface area contributed by atoms with Crippen LogP contribution in [-0.2, 0) is 33.3 Å². The molecule has 140 valence electrons. The first-order valence-electron chi connectivity index (χ1n) is 9.28. The molecular weight excluding hydrogens is 328 g/mol. The van der Waals surface area contributed by atoms with Crippen LogP contribution in [0.1, 0.15) is 59.3 Å². The maximum atomic E-state index is 12.3. The molecule has 5 atom stereocenters. The van der Waals surface area contributed by atoms with Gasteiger partial charge in [-0.25, -0.2) is 4.79 Å². The molecular formula is C18H26O7. The Bertz CT molecular complexity index is 566. The highest BCUT2D eigenvalue weighted by Crippen LogP contribution is 2.48. The van der Waals surface area contributed by atoms with E-state index in [1.54, 1.807) is 13.8 Å². The van der Waals surface area contributed by atoms with E-state index in [0.717, 1.165) is 25.7 Å². The van der Waals surface area contributed by atoms with Gasteiger partial charge in [0.15, 0.2) is 24.3 Å². The molecule has 0 N–H and O–H groups in total. The smallest absolute Gasteiger partial charge is 0.350 e. The Balaban J connectivity index is 1.45. The van der Waals surface area contributed by atoms with E-state index in [0.29, 0.717) is 6.42 Å². The zero-order chi connectivity index (χ0) is 17.8. The van der Waals surface area contributed by atoms with Crippen molar-refractivity contribution in [1.82, 2.24) is 0 Å². The Morgan fingerprint density at radius 3 is 2.56 bits per heavy atom. The molecule has 4 fully saturated rings. The van der Waals surface area contributed by atoms with Gasteiger partial charge >= 0.3 is 11.9 Å². The molecule has 7 nitrogen and oxygen atoms in total. The minimum atomic E-state index is -1.05. The van der Waals surface area contributed by atoms with Crippen LogP contribution in [0.15, 0.2) is 0 Å². The first kappa shape index (κ1) is 17.2. The minimum absolute atomic E-state index is 0.427. The lowest BCUT2D eigenvalue weighted by molar-refractivity contribution is -0.246. The second-order valence-electron chi connectivity index (χ2n) is 8.11. The predicted octanol–water partition coefficient (Wildman–Crippen LogP) is 2.06. The average Bonchev–Trinajstić information content (AvgIpc) is 3.17. The number of carbonyl (C=O) groups is 2. The SMILES string of the molecule is CCC(C)(C)C(=O)OC1C(=O)OC2[C@@H]1O[C@@H]1OC3(CCCCC3)O[C@H]21. The lowest BCUT2D eigenvalue weighted by Gasteiger charge is -2.33. The van der Waals surface area contributed by atoms with Crippen LogP contribution in [0, 0.1) is 5.41 Å². The molecule has 0 aromatic heterocycles. The number of fused-ring (bicyclic) bond motifs is 3. The zero-order valence-corrected chi connectivity index (χ0v) is 15.0. The fourth-order valence-electron chi connectivity index (χ4n) is 3.93. The van der Waals surface area contributed by atoms with Crippen molar-refractivity contribution in [2.45, 2.75) is 95.8 Å². The van der Waals surface area contributed by atoms with Crippen LogP contribution in [0.3, 0.4) is 0 Å². The number of hydrogen-bond acceptors (Lipinski definition) is 7. The number of ether oxygens (including phenoxy) is 5. The van der Waals surface area contributed by atoms with Gasteiger partial charge in [-0.1, -0.05) is 13.3 Å². The van der Waals surface area contributed by atoms with Gasteiger partial charge in [0.1, 0.15) is 6.10 Å². The summed E-state index contributed by atoms with van der Waals surface area (Å²) in [6.45, 7) is 5.48. The van der Waals surface area contributed by atoms with Gasteiger partial charge in [-0.2, -0.15) is 0 Å². The van der Waals surface area contributed by atoms with E-state index < -0.39 is 53.8 Å². The van der Waals surface area contributed by atoms with Gasteiger partial charge in [-0.15, -0.1) is 0 Å². The molecule has 7 heteroatoms. The number of rotatable bonds is 3. The predicted molar refractivity (Wildman–Crippen MR) is 84.3 cm³/mol. The highest BCUT2D eigenvalue weighted by molar-refractivity contribution is 5.84. The third-order valence-electron chi connectivity index (χ3n) is 5.96. The van der Waals surface area contributed by atoms with Gasteiger partial charge in [-0.05, 0) is 33.1 Å². The summed E-state index contributed by atoms with van der Waals surface area (Å²) in [7, 11) is 0. The quantitative estimate of drug-likeness (QED) is 0.718. The minimum Gasteiger partial charge on any atom is -0.454 e. The summed E-state index contributed by atoms with van der Waals surface area (Å²) in [5, 5.41) is 0. The molecule has 0 amide bonds. The molecule has 0 bridgehead atoms. The fourth-order valence-corrected chi connectivity index (χ4v) is 3.93. The van der Waals surface area contributed by atoms with Gasteiger partial charge in [0.05, 0.1) is 5.41 Å². The molecule has 1 aliphatic carbocycles. The third-order valence-corrected chi connectivity index (χ3v) is 5.96. The Morgan fingerprint density at radius 2 is 1.88 bits per heavy atom. The van der Waals surface area contributed by atoms with Crippen LogP contribution < -0.4 is 0 Å². The Kier molecular flexibility index (Phi) is 4.09. The summed E-state index contributed by atoms with van der Waals surface area (Å²) in [5.41, 5.74) is -0.661. The Morgan fingerprint density at radius 1 is 1.16 bits per heavy atom. The van der Waals surface area contributed by atoms with Crippen LogP contribution in [0.5, 0.6) is 0 Å². The summed E-state index contributed by atoms with van der Waals surface area (Å²) in [4.78, 5) is 24.5. The molecule has 3 aliphatic heterocycles. The average molecular weight is 354 g/mol. The summed E-state index contributed by atoms with van der Waals surface area (Å²) in [6.07, 6.45) is 2.25. The maximum absolute atomic E-state index is 12.3. The van der Waals surface area contributed by atoms with Crippen LogP contribution >= 0.6 is 0 Å². The zero-order valence-electron chi connectivity index (χ0n) is 15.0. The van der Waals surface area contributed by atoms with Crippen LogP contribution in [-0.4, -0.2) is 48.4 Å². The van der Waals surface area contributed by atoms with E-state index in [4.69, 9.17) is 23.7 Å². The molecule has 0 radical (unpaired) electrons. The highest BCUT2D eigenvalue weighted by Gasteiger charge is 2.65. The Labute approximate surface area is 147 Å². The van der Waals surface area contributed by atoms with Crippen molar-refractivity contribution in [3.05, 3.63) is 0 Å². The van der Waals surface area contributed by atoms with Crippen molar-refractivity contribution < 1.29 is 33.3 Å². The summed E-state index contributed by atoms with van der Waals surface area (Å²) >= 11 is 0.